The van der Waals surface area contributed by atoms with Crippen LogP contribution < -0.4 is 5.32 Å². The molecule has 0 aliphatic heterocycles. The number of nitrogens with zero attached hydrogens (tertiary/aromatic N) is 2. The molecule has 0 fully saturated rings. The molecule has 0 atom stereocenters. The molecule has 0 saturated carbocycles. The first-order chi connectivity index (χ1) is 12.7. The van der Waals surface area contributed by atoms with E-state index in [1.807, 2.05) is 60.0 Å². The third kappa shape index (κ3) is 3.24. The fourth-order valence-corrected chi connectivity index (χ4v) is 3.04. The van der Waals surface area contributed by atoms with Crippen LogP contribution in [0, 0.1) is 6.92 Å². The van der Waals surface area contributed by atoms with Gasteiger partial charge in [-0.05, 0) is 37.3 Å². The Hall–Kier alpha value is -3.34. The van der Waals surface area contributed by atoms with E-state index in [2.05, 4.69) is 11.4 Å². The second-order valence-electron chi connectivity index (χ2n) is 6.24. The first kappa shape index (κ1) is 16.1. The third-order valence-electron chi connectivity index (χ3n) is 4.27. The van der Waals surface area contributed by atoms with Gasteiger partial charge in [-0.3, -0.25) is 4.79 Å². The number of furan rings is 1. The molecule has 1 N–H and O–H groups in total. The van der Waals surface area contributed by atoms with Gasteiger partial charge in [-0.15, -0.1) is 0 Å². The van der Waals surface area contributed by atoms with Crippen LogP contribution in [0.25, 0.3) is 22.4 Å². The monoisotopic (exact) mass is 345 g/mol. The quantitative estimate of drug-likeness (QED) is 0.596. The molecule has 2 aromatic carbocycles. The van der Waals surface area contributed by atoms with Gasteiger partial charge in [-0.25, -0.2) is 4.98 Å². The summed E-state index contributed by atoms with van der Waals surface area (Å²) in [5.74, 6) is 1.44. The Morgan fingerprint density at radius 2 is 2.00 bits per heavy atom. The molecular formula is C21H19N3O2. The maximum Gasteiger partial charge on any atom is 0.240 e. The number of rotatable bonds is 5. The minimum Gasteiger partial charge on any atom is -0.467 e. The van der Waals surface area contributed by atoms with Gasteiger partial charge in [0.1, 0.15) is 18.1 Å². The molecule has 1 amide bonds. The van der Waals surface area contributed by atoms with Gasteiger partial charge in [-0.1, -0.05) is 35.9 Å². The van der Waals surface area contributed by atoms with Crippen LogP contribution in [-0.2, 0) is 17.9 Å². The molecule has 0 unspecified atom stereocenters. The zero-order valence-electron chi connectivity index (χ0n) is 14.5. The number of carbonyl (C=O) groups excluding carboxylic acids is 1. The Labute approximate surface area is 151 Å². The van der Waals surface area contributed by atoms with Gasteiger partial charge in [-0.2, -0.15) is 0 Å². The van der Waals surface area contributed by atoms with Crippen molar-refractivity contribution in [2.45, 2.75) is 20.0 Å². The topological polar surface area (TPSA) is 60.1 Å². The van der Waals surface area contributed by atoms with Crippen molar-refractivity contribution >= 4 is 16.9 Å². The van der Waals surface area contributed by atoms with Crippen LogP contribution in [0.2, 0.25) is 0 Å². The van der Waals surface area contributed by atoms with E-state index in [0.29, 0.717) is 6.54 Å². The molecule has 0 aliphatic rings. The molecule has 130 valence electrons. The van der Waals surface area contributed by atoms with Crippen molar-refractivity contribution in [1.82, 2.24) is 14.9 Å². The maximum atomic E-state index is 12.5. The van der Waals surface area contributed by atoms with Crippen molar-refractivity contribution in [3.05, 3.63) is 78.3 Å². The largest absolute Gasteiger partial charge is 0.467 e. The maximum absolute atomic E-state index is 12.5. The van der Waals surface area contributed by atoms with E-state index in [1.165, 1.54) is 0 Å². The number of hydrogen-bond donors (Lipinski definition) is 1. The highest BCUT2D eigenvalue weighted by molar-refractivity contribution is 5.84. The van der Waals surface area contributed by atoms with E-state index < -0.39 is 0 Å². The zero-order chi connectivity index (χ0) is 17.9. The molecule has 2 heterocycles. The Bertz CT molecular complexity index is 1050. The van der Waals surface area contributed by atoms with Crippen molar-refractivity contribution in [2.75, 3.05) is 0 Å². The number of imidazole rings is 1. The van der Waals surface area contributed by atoms with E-state index in [-0.39, 0.29) is 12.5 Å². The average Bonchev–Trinajstić information content (AvgIpc) is 3.28. The number of hydrogen-bond acceptors (Lipinski definition) is 3. The van der Waals surface area contributed by atoms with Crippen LogP contribution in [-0.4, -0.2) is 15.5 Å². The molecule has 0 radical (unpaired) electrons. The molecule has 2 aromatic heterocycles. The minimum atomic E-state index is -0.0848. The smallest absolute Gasteiger partial charge is 0.240 e. The SMILES string of the molecule is Cc1cccc(-c2nc3ccccc3n2CC(=O)NCc2ccco2)c1. The first-order valence-electron chi connectivity index (χ1n) is 8.52. The lowest BCUT2D eigenvalue weighted by Gasteiger charge is -2.10. The lowest BCUT2D eigenvalue weighted by atomic mass is 10.1. The predicted octanol–water partition coefficient (Wildman–Crippen LogP) is 3.92. The van der Waals surface area contributed by atoms with E-state index >= 15 is 0 Å². The van der Waals surface area contributed by atoms with E-state index in [1.54, 1.807) is 12.3 Å². The highest BCUT2D eigenvalue weighted by Crippen LogP contribution is 2.25. The molecule has 0 spiro atoms. The Balaban J connectivity index is 1.66. The van der Waals surface area contributed by atoms with Gasteiger partial charge in [0, 0.05) is 5.56 Å². The van der Waals surface area contributed by atoms with Crippen LogP contribution in [0.15, 0.2) is 71.3 Å². The van der Waals surface area contributed by atoms with Gasteiger partial charge in [0.15, 0.2) is 0 Å². The van der Waals surface area contributed by atoms with Crippen LogP contribution in [0.1, 0.15) is 11.3 Å². The standard InChI is InChI=1S/C21H19N3O2/c1-15-6-4-7-16(12-15)21-23-18-9-2-3-10-19(18)24(21)14-20(25)22-13-17-8-5-11-26-17/h2-12H,13-14H2,1H3,(H,22,25). The number of benzene rings is 2. The van der Waals surface area contributed by atoms with Crippen molar-refractivity contribution in [2.24, 2.45) is 0 Å². The summed E-state index contributed by atoms with van der Waals surface area (Å²) in [7, 11) is 0. The van der Waals surface area contributed by atoms with Crippen molar-refractivity contribution in [1.29, 1.82) is 0 Å². The number of aromatic nitrogens is 2. The van der Waals surface area contributed by atoms with Gasteiger partial charge in [0.2, 0.25) is 5.91 Å². The van der Waals surface area contributed by atoms with Crippen LogP contribution in [0.3, 0.4) is 0 Å². The summed E-state index contributed by atoms with van der Waals surface area (Å²) >= 11 is 0. The van der Waals surface area contributed by atoms with Crippen LogP contribution >= 0.6 is 0 Å². The average molecular weight is 345 g/mol. The first-order valence-corrected chi connectivity index (χ1v) is 8.52. The third-order valence-corrected chi connectivity index (χ3v) is 4.27. The minimum absolute atomic E-state index is 0.0848. The van der Waals surface area contributed by atoms with Crippen LogP contribution in [0.5, 0.6) is 0 Å². The Morgan fingerprint density at radius 3 is 2.81 bits per heavy atom. The highest BCUT2D eigenvalue weighted by Gasteiger charge is 2.15. The number of nitrogens with one attached hydrogen (secondary N) is 1. The van der Waals surface area contributed by atoms with Crippen molar-refractivity contribution in [3.8, 4) is 11.4 Å². The molecule has 0 bridgehead atoms. The number of aryl methyl sites for hydroxylation is 1. The van der Waals surface area contributed by atoms with E-state index in [4.69, 9.17) is 9.40 Å². The molecule has 0 aliphatic carbocycles. The summed E-state index contributed by atoms with van der Waals surface area (Å²) in [6, 6.07) is 19.7. The normalized spacial score (nSPS) is 11.0. The van der Waals surface area contributed by atoms with E-state index in [0.717, 1.165) is 33.7 Å². The fourth-order valence-electron chi connectivity index (χ4n) is 3.04. The summed E-state index contributed by atoms with van der Waals surface area (Å²) < 4.78 is 7.22. The van der Waals surface area contributed by atoms with Crippen molar-refractivity contribution in [3.63, 3.8) is 0 Å². The second kappa shape index (κ2) is 6.88. The highest BCUT2D eigenvalue weighted by atomic mass is 16.3. The lowest BCUT2D eigenvalue weighted by Crippen LogP contribution is -2.27. The summed E-state index contributed by atoms with van der Waals surface area (Å²) in [4.78, 5) is 17.2. The molecule has 4 aromatic rings. The fraction of sp³-hybridized carbons (Fsp3) is 0.143. The Kier molecular flexibility index (Phi) is 4.27. The summed E-state index contributed by atoms with van der Waals surface area (Å²) in [6.45, 7) is 2.62. The second-order valence-corrected chi connectivity index (χ2v) is 6.24. The predicted molar refractivity (Wildman–Crippen MR) is 100 cm³/mol. The molecule has 4 rings (SSSR count). The number of amides is 1. The molecule has 26 heavy (non-hydrogen) atoms. The Morgan fingerprint density at radius 1 is 1.12 bits per heavy atom. The molecule has 0 saturated heterocycles. The van der Waals surface area contributed by atoms with E-state index in [9.17, 15) is 4.79 Å². The van der Waals surface area contributed by atoms with Gasteiger partial charge in [0.25, 0.3) is 0 Å². The van der Waals surface area contributed by atoms with Crippen LogP contribution in [0.4, 0.5) is 0 Å². The number of para-hydroxylation sites is 2. The number of fused-ring (bicyclic) bond motifs is 1. The number of carbonyl (C=O) groups is 1. The van der Waals surface area contributed by atoms with Gasteiger partial charge < -0.3 is 14.3 Å². The van der Waals surface area contributed by atoms with Crippen molar-refractivity contribution < 1.29 is 9.21 Å². The summed E-state index contributed by atoms with van der Waals surface area (Å²) in [5, 5.41) is 2.90. The molecule has 5 heteroatoms. The summed E-state index contributed by atoms with van der Waals surface area (Å²) in [5.41, 5.74) is 3.98. The zero-order valence-corrected chi connectivity index (χ0v) is 14.5. The molecule has 5 nitrogen and oxygen atoms in total. The lowest BCUT2D eigenvalue weighted by molar-refractivity contribution is -0.121. The van der Waals surface area contributed by atoms with Gasteiger partial charge >= 0.3 is 0 Å². The molecular weight excluding hydrogens is 326 g/mol. The summed E-state index contributed by atoms with van der Waals surface area (Å²) in [6.07, 6.45) is 1.60. The van der Waals surface area contributed by atoms with Gasteiger partial charge in [0.05, 0.1) is 23.8 Å².